The van der Waals surface area contributed by atoms with E-state index in [-0.39, 0.29) is 41.1 Å². The quantitative estimate of drug-likeness (QED) is 0.392. The fourth-order valence-electron chi connectivity index (χ4n) is 3.98. The number of anilines is 1. The van der Waals surface area contributed by atoms with Crippen molar-refractivity contribution in [3.8, 4) is 11.3 Å². The Hall–Kier alpha value is -3.90. The minimum atomic E-state index is -3.93. The molecular weight excluding hydrogens is 474 g/mol. The molecule has 2 aromatic carbocycles. The Kier molecular flexibility index (Phi) is 6.76. The summed E-state index contributed by atoms with van der Waals surface area (Å²) in [6.07, 6.45) is 0.639. The van der Waals surface area contributed by atoms with E-state index in [1.165, 1.54) is 22.5 Å². The van der Waals surface area contributed by atoms with Gasteiger partial charge in [0.25, 0.3) is 11.2 Å². The SMILES string of the molecule is Cc1ccc([N+](=O)[O-])cc1S(=O)(=O)N1CCC(C(=O)Nc2cccc(-c3ccc(=O)[nH]n3)c2)CC1. The topological polar surface area (TPSA) is 155 Å². The van der Waals surface area contributed by atoms with Crippen molar-refractivity contribution >= 4 is 27.3 Å². The summed E-state index contributed by atoms with van der Waals surface area (Å²) < 4.78 is 27.5. The van der Waals surface area contributed by atoms with Gasteiger partial charge in [-0.25, -0.2) is 13.5 Å². The van der Waals surface area contributed by atoms with Crippen LogP contribution in [0.25, 0.3) is 11.3 Å². The molecule has 0 bridgehead atoms. The maximum Gasteiger partial charge on any atom is 0.270 e. The summed E-state index contributed by atoms with van der Waals surface area (Å²) in [5, 5.41) is 20.3. The van der Waals surface area contributed by atoms with Gasteiger partial charge < -0.3 is 5.32 Å². The minimum Gasteiger partial charge on any atom is -0.326 e. The van der Waals surface area contributed by atoms with Gasteiger partial charge in [0.15, 0.2) is 0 Å². The molecule has 1 aliphatic rings. The highest BCUT2D eigenvalue weighted by molar-refractivity contribution is 7.89. The van der Waals surface area contributed by atoms with Crippen LogP contribution in [0.3, 0.4) is 0 Å². The van der Waals surface area contributed by atoms with Crippen LogP contribution < -0.4 is 10.9 Å². The fraction of sp³-hybridized carbons (Fsp3) is 0.261. The molecule has 1 aromatic heterocycles. The normalized spacial score (nSPS) is 15.0. The monoisotopic (exact) mass is 497 g/mol. The van der Waals surface area contributed by atoms with E-state index in [0.717, 1.165) is 6.07 Å². The molecule has 1 amide bonds. The van der Waals surface area contributed by atoms with E-state index < -0.39 is 14.9 Å². The van der Waals surface area contributed by atoms with Gasteiger partial charge in [-0.1, -0.05) is 18.2 Å². The van der Waals surface area contributed by atoms with E-state index in [4.69, 9.17) is 0 Å². The van der Waals surface area contributed by atoms with Crippen molar-refractivity contribution in [1.29, 1.82) is 0 Å². The number of amides is 1. The molecule has 1 fully saturated rings. The first-order valence-electron chi connectivity index (χ1n) is 10.9. The summed E-state index contributed by atoms with van der Waals surface area (Å²) in [4.78, 5) is 34.4. The summed E-state index contributed by atoms with van der Waals surface area (Å²) in [6, 6.07) is 13.7. The lowest BCUT2D eigenvalue weighted by molar-refractivity contribution is -0.385. The van der Waals surface area contributed by atoms with E-state index in [0.29, 0.717) is 35.3 Å². The van der Waals surface area contributed by atoms with Crippen LogP contribution in [0.1, 0.15) is 18.4 Å². The van der Waals surface area contributed by atoms with Crippen LogP contribution in [-0.2, 0) is 14.8 Å². The number of carbonyl (C=O) groups is 1. The third-order valence-electron chi connectivity index (χ3n) is 5.93. The molecule has 182 valence electrons. The number of non-ortho nitro benzene ring substituents is 1. The van der Waals surface area contributed by atoms with Gasteiger partial charge in [0.05, 0.1) is 15.5 Å². The number of H-pyrrole nitrogens is 1. The highest BCUT2D eigenvalue weighted by Crippen LogP contribution is 2.29. The number of carbonyl (C=O) groups excluding carboxylic acids is 1. The molecule has 2 heterocycles. The zero-order valence-corrected chi connectivity index (χ0v) is 19.6. The molecule has 0 spiro atoms. The number of hydrogen-bond acceptors (Lipinski definition) is 7. The highest BCUT2D eigenvalue weighted by atomic mass is 32.2. The zero-order valence-electron chi connectivity index (χ0n) is 18.8. The number of nitro benzene ring substituents is 1. The van der Waals surface area contributed by atoms with Gasteiger partial charge in [0.2, 0.25) is 15.9 Å². The van der Waals surface area contributed by atoms with Gasteiger partial charge in [0, 0.05) is 48.5 Å². The number of aryl methyl sites for hydroxylation is 1. The van der Waals surface area contributed by atoms with Crippen LogP contribution in [0.15, 0.2) is 64.3 Å². The van der Waals surface area contributed by atoms with Crippen LogP contribution >= 0.6 is 0 Å². The Morgan fingerprint density at radius 3 is 2.54 bits per heavy atom. The van der Waals surface area contributed by atoms with Crippen molar-refractivity contribution < 1.29 is 18.1 Å². The fourth-order valence-corrected chi connectivity index (χ4v) is 5.70. The molecule has 1 saturated heterocycles. The molecule has 0 aliphatic carbocycles. The number of aromatic nitrogens is 2. The van der Waals surface area contributed by atoms with Crippen molar-refractivity contribution in [3.05, 3.63) is 80.6 Å². The van der Waals surface area contributed by atoms with Gasteiger partial charge in [-0.15, -0.1) is 0 Å². The lowest BCUT2D eigenvalue weighted by atomic mass is 9.97. The molecule has 4 rings (SSSR count). The first-order chi connectivity index (χ1) is 16.6. The third-order valence-corrected chi connectivity index (χ3v) is 7.97. The van der Waals surface area contributed by atoms with Crippen LogP contribution in [0.2, 0.25) is 0 Å². The van der Waals surface area contributed by atoms with Crippen molar-refractivity contribution in [1.82, 2.24) is 14.5 Å². The third kappa shape index (κ3) is 5.28. The Balaban J connectivity index is 1.42. The van der Waals surface area contributed by atoms with E-state index >= 15 is 0 Å². The molecule has 0 saturated carbocycles. The molecule has 3 aromatic rings. The molecule has 0 unspecified atom stereocenters. The number of nitrogens with one attached hydrogen (secondary N) is 2. The standard InChI is InChI=1S/C23H23N5O6S/c1-15-5-6-19(28(31)32)14-21(15)35(33,34)27-11-9-16(10-12-27)23(30)24-18-4-2-3-17(13-18)20-7-8-22(29)26-25-20/h2-8,13-14,16H,9-12H2,1H3,(H,24,30)(H,26,29). The predicted octanol–water partition coefficient (Wildman–Crippen LogP) is 2.69. The number of aromatic amines is 1. The second-order valence-corrected chi connectivity index (χ2v) is 10.2. The summed E-state index contributed by atoms with van der Waals surface area (Å²) in [5.74, 6) is -0.609. The van der Waals surface area contributed by atoms with Crippen molar-refractivity contribution in [2.45, 2.75) is 24.7 Å². The number of piperidine rings is 1. The molecule has 1 aliphatic heterocycles. The predicted molar refractivity (Wildman–Crippen MR) is 128 cm³/mol. The molecule has 2 N–H and O–H groups in total. The van der Waals surface area contributed by atoms with Gasteiger partial charge >= 0.3 is 0 Å². The van der Waals surface area contributed by atoms with Crippen LogP contribution in [0.5, 0.6) is 0 Å². The van der Waals surface area contributed by atoms with Gasteiger partial charge in [-0.05, 0) is 43.5 Å². The minimum absolute atomic E-state index is 0.0951. The van der Waals surface area contributed by atoms with E-state index in [2.05, 4.69) is 15.5 Å². The van der Waals surface area contributed by atoms with Crippen molar-refractivity contribution in [3.63, 3.8) is 0 Å². The number of benzene rings is 2. The smallest absolute Gasteiger partial charge is 0.270 e. The maximum absolute atomic E-state index is 13.1. The van der Waals surface area contributed by atoms with Crippen LogP contribution in [-0.4, -0.2) is 46.8 Å². The van der Waals surface area contributed by atoms with Crippen molar-refractivity contribution in [2.24, 2.45) is 5.92 Å². The molecule has 35 heavy (non-hydrogen) atoms. The first kappa shape index (κ1) is 24.2. The number of sulfonamides is 1. The molecular formula is C23H23N5O6S. The van der Waals surface area contributed by atoms with Crippen LogP contribution in [0, 0.1) is 23.0 Å². The Labute approximate surface area is 201 Å². The molecule has 0 atom stereocenters. The summed E-state index contributed by atoms with van der Waals surface area (Å²) in [7, 11) is -3.93. The highest BCUT2D eigenvalue weighted by Gasteiger charge is 2.33. The Morgan fingerprint density at radius 2 is 1.89 bits per heavy atom. The number of nitro groups is 1. The largest absolute Gasteiger partial charge is 0.326 e. The summed E-state index contributed by atoms with van der Waals surface area (Å²) >= 11 is 0. The van der Waals surface area contributed by atoms with E-state index in [1.807, 2.05) is 0 Å². The van der Waals surface area contributed by atoms with Gasteiger partial charge in [-0.2, -0.15) is 9.40 Å². The number of rotatable bonds is 6. The lowest BCUT2D eigenvalue weighted by Crippen LogP contribution is -2.41. The van der Waals surface area contributed by atoms with E-state index in [9.17, 15) is 28.1 Å². The summed E-state index contributed by atoms with van der Waals surface area (Å²) in [5.41, 5.74) is 1.65. The molecule has 0 radical (unpaired) electrons. The van der Waals surface area contributed by atoms with Crippen LogP contribution in [0.4, 0.5) is 11.4 Å². The number of nitrogens with zero attached hydrogens (tertiary/aromatic N) is 3. The Morgan fingerprint density at radius 1 is 1.14 bits per heavy atom. The zero-order chi connectivity index (χ0) is 25.2. The Bertz CT molecular complexity index is 1420. The van der Waals surface area contributed by atoms with Crippen molar-refractivity contribution in [2.75, 3.05) is 18.4 Å². The second kappa shape index (κ2) is 9.76. The maximum atomic E-state index is 13.1. The first-order valence-corrected chi connectivity index (χ1v) is 12.3. The summed E-state index contributed by atoms with van der Waals surface area (Å²) in [6.45, 7) is 1.85. The van der Waals surface area contributed by atoms with Gasteiger partial charge in [-0.3, -0.25) is 19.7 Å². The average molecular weight is 498 g/mol. The second-order valence-electron chi connectivity index (χ2n) is 8.26. The molecule has 11 nitrogen and oxygen atoms in total. The molecule has 12 heteroatoms. The van der Waals surface area contributed by atoms with Gasteiger partial charge in [0.1, 0.15) is 0 Å². The van der Waals surface area contributed by atoms with E-state index in [1.54, 1.807) is 37.3 Å². The number of hydrogen-bond donors (Lipinski definition) is 2. The average Bonchev–Trinajstić information content (AvgIpc) is 2.84. The lowest BCUT2D eigenvalue weighted by Gasteiger charge is -2.31.